The predicted molar refractivity (Wildman–Crippen MR) is 138 cm³/mol. The van der Waals surface area contributed by atoms with Crippen LogP contribution in [0.2, 0.25) is 0 Å². The fourth-order valence-electron chi connectivity index (χ4n) is 9.91. The molecule has 1 aliphatic heterocycles. The van der Waals surface area contributed by atoms with Crippen LogP contribution in [0.15, 0.2) is 35.9 Å². The minimum atomic E-state index is -0.723. The molecule has 7 rings (SSSR count). The SMILES string of the molecule is Cc1ccc(N2C(=O)[C@H]3[C@@H](C2=O)[C@@]24C=C(C(C)C)[C@@H]3C[C@@H]2[C@]2(C)CCC[C@](C)(C(=O)O)[C@@H]2CC4)cc1. The molecule has 6 aliphatic rings. The van der Waals surface area contributed by atoms with Gasteiger partial charge in [0.15, 0.2) is 0 Å². The molecular formula is C31H39NO4. The molecule has 1 N–H and O–H groups in total. The van der Waals surface area contributed by atoms with Gasteiger partial charge in [0.25, 0.3) is 0 Å². The average molecular weight is 490 g/mol. The lowest BCUT2D eigenvalue weighted by Gasteiger charge is -2.68. The van der Waals surface area contributed by atoms with Crippen molar-refractivity contribution < 1.29 is 19.5 Å². The number of aliphatic carboxylic acids is 1. The van der Waals surface area contributed by atoms with Crippen LogP contribution in [0.25, 0.3) is 0 Å². The summed E-state index contributed by atoms with van der Waals surface area (Å²) < 4.78 is 0. The zero-order valence-electron chi connectivity index (χ0n) is 22.2. The molecule has 2 bridgehead atoms. The number of hydrogen-bond donors (Lipinski definition) is 1. The highest BCUT2D eigenvalue weighted by Gasteiger charge is 2.73. The third-order valence-corrected chi connectivity index (χ3v) is 11.5. The first-order valence-corrected chi connectivity index (χ1v) is 13.9. The Morgan fingerprint density at radius 1 is 1.03 bits per heavy atom. The van der Waals surface area contributed by atoms with Gasteiger partial charge in [-0.25, -0.2) is 0 Å². The molecule has 36 heavy (non-hydrogen) atoms. The van der Waals surface area contributed by atoms with Gasteiger partial charge in [-0.2, -0.15) is 0 Å². The maximum Gasteiger partial charge on any atom is 0.309 e. The summed E-state index contributed by atoms with van der Waals surface area (Å²) >= 11 is 0. The summed E-state index contributed by atoms with van der Waals surface area (Å²) in [6.07, 6.45) is 7.58. The van der Waals surface area contributed by atoms with Crippen molar-refractivity contribution in [2.24, 2.45) is 51.8 Å². The van der Waals surface area contributed by atoms with E-state index in [1.54, 1.807) is 0 Å². The van der Waals surface area contributed by atoms with Gasteiger partial charge >= 0.3 is 5.97 Å². The summed E-state index contributed by atoms with van der Waals surface area (Å²) in [5, 5.41) is 10.3. The van der Waals surface area contributed by atoms with Crippen LogP contribution >= 0.6 is 0 Å². The maximum absolute atomic E-state index is 14.2. The van der Waals surface area contributed by atoms with Gasteiger partial charge in [0.1, 0.15) is 0 Å². The second kappa shape index (κ2) is 7.55. The quantitative estimate of drug-likeness (QED) is 0.417. The van der Waals surface area contributed by atoms with E-state index in [1.807, 2.05) is 38.1 Å². The number of carboxylic acids is 1. The average Bonchev–Trinajstić information content (AvgIpc) is 3.11. The molecule has 3 saturated carbocycles. The number of benzene rings is 1. The first-order chi connectivity index (χ1) is 17.0. The summed E-state index contributed by atoms with van der Waals surface area (Å²) in [5.41, 5.74) is 1.89. The molecule has 1 spiro atoms. The normalized spacial score (nSPS) is 43.2. The summed E-state index contributed by atoms with van der Waals surface area (Å²) in [6.45, 7) is 10.7. The van der Waals surface area contributed by atoms with E-state index in [0.29, 0.717) is 11.6 Å². The fourth-order valence-corrected chi connectivity index (χ4v) is 9.91. The van der Waals surface area contributed by atoms with Gasteiger partial charge in [0.2, 0.25) is 11.8 Å². The molecule has 2 amide bonds. The molecule has 1 aromatic rings. The van der Waals surface area contributed by atoms with Gasteiger partial charge in [0.05, 0.1) is 22.9 Å². The van der Waals surface area contributed by atoms with Crippen molar-refractivity contribution in [1.29, 1.82) is 0 Å². The highest BCUT2D eigenvalue weighted by molar-refractivity contribution is 6.23. The van der Waals surface area contributed by atoms with Crippen LogP contribution in [0.1, 0.15) is 71.8 Å². The lowest BCUT2D eigenvalue weighted by molar-refractivity contribution is -0.194. The number of carbonyl (C=O) groups is 3. The van der Waals surface area contributed by atoms with E-state index < -0.39 is 11.4 Å². The van der Waals surface area contributed by atoms with Crippen molar-refractivity contribution in [2.45, 2.75) is 73.1 Å². The molecule has 0 radical (unpaired) electrons. The summed E-state index contributed by atoms with van der Waals surface area (Å²) in [4.78, 5) is 42.3. The first-order valence-electron chi connectivity index (χ1n) is 13.9. The Kier molecular flexibility index (Phi) is 5.02. The molecule has 1 aromatic carbocycles. The highest BCUT2D eigenvalue weighted by Crippen LogP contribution is 2.74. The van der Waals surface area contributed by atoms with E-state index in [1.165, 1.54) is 10.5 Å². The van der Waals surface area contributed by atoms with Gasteiger partial charge in [-0.05, 0) is 87.2 Å². The zero-order valence-corrected chi connectivity index (χ0v) is 22.2. The minimum absolute atomic E-state index is 0.0331. The molecule has 4 fully saturated rings. The number of fused-ring (bicyclic) bond motifs is 1. The standard InChI is InChI=1S/C31H39NO4/c1-17(2)21-16-31-14-11-22-29(4,12-6-13-30(22,5)28(35)36)23(31)15-20(21)24-25(31)27(34)32(26(24)33)19-9-7-18(3)8-10-19/h7-10,16-17,20,22-25H,6,11-15H2,1-5H3,(H,35,36)/t20-,22+,23+,24+,25-,29+,30-,31-/m0/s1. The zero-order chi connectivity index (χ0) is 25.8. The van der Waals surface area contributed by atoms with E-state index in [2.05, 4.69) is 26.8 Å². The largest absolute Gasteiger partial charge is 0.481 e. The van der Waals surface area contributed by atoms with E-state index >= 15 is 0 Å². The molecule has 192 valence electrons. The van der Waals surface area contributed by atoms with Gasteiger partial charge in [-0.3, -0.25) is 19.3 Å². The third kappa shape index (κ3) is 2.80. The van der Waals surface area contributed by atoms with Crippen molar-refractivity contribution in [3.63, 3.8) is 0 Å². The van der Waals surface area contributed by atoms with Crippen LogP contribution in [0.5, 0.6) is 0 Å². The second-order valence-corrected chi connectivity index (χ2v) is 13.3. The van der Waals surface area contributed by atoms with Gasteiger partial charge in [-0.15, -0.1) is 0 Å². The lowest BCUT2D eigenvalue weighted by atomic mass is 9.34. The van der Waals surface area contributed by atoms with Gasteiger partial charge in [0, 0.05) is 5.41 Å². The number of anilines is 1. The van der Waals surface area contributed by atoms with Crippen LogP contribution in [0.4, 0.5) is 5.69 Å². The smallest absolute Gasteiger partial charge is 0.309 e. The van der Waals surface area contributed by atoms with Crippen molar-refractivity contribution in [3.05, 3.63) is 41.5 Å². The molecule has 0 aromatic heterocycles. The van der Waals surface area contributed by atoms with Gasteiger partial charge in [-0.1, -0.05) is 56.5 Å². The molecule has 5 heteroatoms. The molecule has 1 heterocycles. The summed E-state index contributed by atoms with van der Waals surface area (Å²) in [6, 6.07) is 7.72. The van der Waals surface area contributed by atoms with Crippen molar-refractivity contribution in [1.82, 2.24) is 0 Å². The molecule has 5 nitrogen and oxygen atoms in total. The number of hydrogen-bond acceptors (Lipinski definition) is 3. The Balaban J connectivity index is 1.49. The number of allylic oxidation sites excluding steroid dienone is 2. The molecular weight excluding hydrogens is 450 g/mol. The summed E-state index contributed by atoms with van der Waals surface area (Å²) in [5.74, 6) is -0.679. The predicted octanol–water partition coefficient (Wildman–Crippen LogP) is 6.01. The van der Waals surface area contributed by atoms with Crippen LogP contribution in [-0.4, -0.2) is 22.9 Å². The minimum Gasteiger partial charge on any atom is -0.481 e. The van der Waals surface area contributed by atoms with E-state index in [4.69, 9.17) is 0 Å². The first kappa shape index (κ1) is 23.9. The second-order valence-electron chi connectivity index (χ2n) is 13.3. The van der Waals surface area contributed by atoms with E-state index in [-0.39, 0.29) is 52.2 Å². The number of rotatable bonds is 3. The van der Waals surface area contributed by atoms with E-state index in [9.17, 15) is 19.5 Å². The number of carbonyl (C=O) groups excluding carboxylic acids is 2. The molecule has 1 saturated heterocycles. The van der Waals surface area contributed by atoms with Crippen molar-refractivity contribution in [3.8, 4) is 0 Å². The molecule has 5 aliphatic carbocycles. The van der Waals surface area contributed by atoms with Crippen LogP contribution < -0.4 is 4.90 Å². The van der Waals surface area contributed by atoms with E-state index in [0.717, 1.165) is 44.1 Å². The van der Waals surface area contributed by atoms with Crippen LogP contribution in [0.3, 0.4) is 0 Å². The monoisotopic (exact) mass is 489 g/mol. The Labute approximate surface area is 214 Å². The Morgan fingerprint density at radius 2 is 1.72 bits per heavy atom. The fraction of sp³-hybridized carbons (Fsp3) is 0.645. The van der Waals surface area contributed by atoms with Crippen LogP contribution in [0, 0.1) is 58.7 Å². The molecule has 0 unspecified atom stereocenters. The summed E-state index contributed by atoms with van der Waals surface area (Å²) in [7, 11) is 0. The Morgan fingerprint density at radius 3 is 2.36 bits per heavy atom. The number of aryl methyl sites for hydroxylation is 1. The third-order valence-electron chi connectivity index (χ3n) is 11.5. The number of carboxylic acid groups (broad SMARTS) is 1. The highest BCUT2D eigenvalue weighted by atomic mass is 16.4. The van der Waals surface area contributed by atoms with Crippen LogP contribution in [-0.2, 0) is 14.4 Å². The number of imide groups is 1. The Hall–Kier alpha value is -2.43. The topological polar surface area (TPSA) is 74.7 Å². The Bertz CT molecular complexity index is 1180. The van der Waals surface area contributed by atoms with Crippen molar-refractivity contribution in [2.75, 3.05) is 4.90 Å². The number of amides is 2. The lowest BCUT2D eigenvalue weighted by Crippen LogP contribution is -2.65. The molecule has 8 atom stereocenters. The van der Waals surface area contributed by atoms with Crippen molar-refractivity contribution >= 4 is 23.5 Å². The van der Waals surface area contributed by atoms with Gasteiger partial charge < -0.3 is 5.11 Å². The number of nitrogens with zero attached hydrogens (tertiary/aromatic N) is 1. The maximum atomic E-state index is 14.2.